The largest absolute Gasteiger partial charge is 0.311 e. The molecule has 0 saturated heterocycles. The average molecular weight is 594 g/mol. The van der Waals surface area contributed by atoms with Gasteiger partial charge in [-0.2, -0.15) is 0 Å². The first-order chi connectivity index (χ1) is 22.5. The van der Waals surface area contributed by atoms with Gasteiger partial charge in [-0.05, 0) is 90.6 Å². The summed E-state index contributed by atoms with van der Waals surface area (Å²) in [4.78, 5) is 2.32. The van der Waals surface area contributed by atoms with Gasteiger partial charge in [-0.15, -0.1) is 0 Å². The van der Waals surface area contributed by atoms with E-state index in [4.69, 9.17) is 0 Å². The second-order valence-corrected chi connectivity index (χ2v) is 11.9. The minimum atomic E-state index is 1.11. The summed E-state index contributed by atoms with van der Waals surface area (Å²) in [5.41, 5.74) is 14.2. The molecule has 6 aromatic carbocycles. The first-order valence-corrected chi connectivity index (χ1v) is 15.8. The van der Waals surface area contributed by atoms with E-state index in [9.17, 15) is 0 Å². The van der Waals surface area contributed by atoms with Crippen molar-refractivity contribution >= 4 is 53.5 Å². The Balaban J connectivity index is 1.28. The van der Waals surface area contributed by atoms with Crippen molar-refractivity contribution in [2.75, 3.05) is 4.90 Å². The van der Waals surface area contributed by atoms with Crippen LogP contribution in [-0.2, 0) is 0 Å². The quantitative estimate of drug-likeness (QED) is 0.151. The summed E-state index contributed by atoms with van der Waals surface area (Å²) in [6.07, 6.45) is 13.0. The van der Waals surface area contributed by atoms with Crippen LogP contribution in [0.4, 0.5) is 17.1 Å². The van der Waals surface area contributed by atoms with Crippen LogP contribution in [-0.4, -0.2) is 0 Å². The number of hydrogen-bond donors (Lipinski definition) is 0. The first kappa shape index (κ1) is 30.4. The molecule has 0 radical (unpaired) electrons. The van der Waals surface area contributed by atoms with E-state index in [2.05, 4.69) is 208 Å². The number of nitrogens with zero attached hydrogens (tertiary/aromatic N) is 1. The van der Waals surface area contributed by atoms with Gasteiger partial charge in [0.05, 0.1) is 0 Å². The fourth-order valence-electron chi connectivity index (χ4n) is 5.55. The molecule has 0 heterocycles. The van der Waals surface area contributed by atoms with Crippen molar-refractivity contribution in [2.45, 2.75) is 20.8 Å². The Labute approximate surface area is 274 Å². The Hall–Kier alpha value is -5.66. The van der Waals surface area contributed by atoms with Crippen molar-refractivity contribution < 1.29 is 0 Å². The lowest BCUT2D eigenvalue weighted by Crippen LogP contribution is -2.09. The molecule has 0 bridgehead atoms. The third-order valence-corrected chi connectivity index (χ3v) is 7.98. The number of benzene rings is 6. The van der Waals surface area contributed by atoms with E-state index in [1.54, 1.807) is 0 Å². The topological polar surface area (TPSA) is 3.24 Å². The Morgan fingerprint density at radius 3 is 0.826 bits per heavy atom. The van der Waals surface area contributed by atoms with E-state index in [0.717, 1.165) is 17.1 Å². The fourth-order valence-corrected chi connectivity index (χ4v) is 5.55. The van der Waals surface area contributed by atoms with Crippen molar-refractivity contribution in [1.29, 1.82) is 0 Å². The van der Waals surface area contributed by atoms with Crippen LogP contribution >= 0.6 is 0 Å². The van der Waals surface area contributed by atoms with Gasteiger partial charge < -0.3 is 4.90 Å². The number of rotatable bonds is 9. The van der Waals surface area contributed by atoms with Gasteiger partial charge in [0, 0.05) is 17.1 Å². The summed E-state index contributed by atoms with van der Waals surface area (Å²) in [5.74, 6) is 0. The maximum atomic E-state index is 2.32. The molecule has 1 heteroatoms. The summed E-state index contributed by atoms with van der Waals surface area (Å²) in [6.45, 7) is 6.38. The van der Waals surface area contributed by atoms with Crippen LogP contribution in [0.5, 0.6) is 0 Å². The first-order valence-electron chi connectivity index (χ1n) is 15.8. The molecule has 46 heavy (non-hydrogen) atoms. The van der Waals surface area contributed by atoms with Crippen molar-refractivity contribution in [3.63, 3.8) is 0 Å². The van der Waals surface area contributed by atoms with Crippen molar-refractivity contribution in [1.82, 2.24) is 0 Å². The van der Waals surface area contributed by atoms with Crippen LogP contribution < -0.4 is 4.90 Å². The van der Waals surface area contributed by atoms with E-state index in [0.29, 0.717) is 0 Å². The molecule has 0 aliphatic heterocycles. The van der Waals surface area contributed by atoms with Crippen LogP contribution in [0, 0.1) is 20.8 Å². The lowest BCUT2D eigenvalue weighted by atomic mass is 10.1. The Kier molecular flexibility index (Phi) is 9.52. The average Bonchev–Trinajstić information content (AvgIpc) is 3.07. The van der Waals surface area contributed by atoms with Gasteiger partial charge in [-0.25, -0.2) is 0 Å². The number of anilines is 3. The predicted octanol–water partition coefficient (Wildman–Crippen LogP) is 12.6. The molecule has 0 fully saturated rings. The molecule has 6 rings (SSSR count). The normalized spacial score (nSPS) is 11.5. The highest BCUT2D eigenvalue weighted by Gasteiger charge is 2.12. The van der Waals surface area contributed by atoms with E-state index in [1.165, 1.54) is 50.1 Å². The summed E-state index contributed by atoms with van der Waals surface area (Å²) >= 11 is 0. The van der Waals surface area contributed by atoms with E-state index in [1.807, 2.05) is 0 Å². The van der Waals surface area contributed by atoms with Gasteiger partial charge in [0.1, 0.15) is 0 Å². The molecule has 0 unspecified atom stereocenters. The number of hydrogen-bond acceptors (Lipinski definition) is 1. The van der Waals surface area contributed by atoms with Gasteiger partial charge in [0.25, 0.3) is 0 Å². The van der Waals surface area contributed by atoms with E-state index >= 15 is 0 Å². The van der Waals surface area contributed by atoms with Crippen LogP contribution in [0.25, 0.3) is 36.5 Å². The summed E-state index contributed by atoms with van der Waals surface area (Å²) in [5, 5.41) is 0. The van der Waals surface area contributed by atoms with Crippen LogP contribution in [0.3, 0.4) is 0 Å². The fraction of sp³-hybridized carbons (Fsp3) is 0.0667. The molecule has 0 aliphatic carbocycles. The SMILES string of the molecule is Cc1cccc(C=Cc2ccc(N(c3ccc(C=Cc4cccc(C)c4)cc3)c3ccc(C=Cc4cccc(C)c4)cc3)cc2)c1. The third kappa shape index (κ3) is 8.08. The molecule has 0 aliphatic rings. The van der Waals surface area contributed by atoms with Gasteiger partial charge in [-0.1, -0.05) is 162 Å². The zero-order valence-corrected chi connectivity index (χ0v) is 26.8. The highest BCUT2D eigenvalue weighted by Crippen LogP contribution is 2.35. The smallest absolute Gasteiger partial charge is 0.0462 e. The van der Waals surface area contributed by atoms with Gasteiger partial charge >= 0.3 is 0 Å². The molecular weight excluding hydrogens is 555 g/mol. The summed E-state index contributed by atoms with van der Waals surface area (Å²) in [7, 11) is 0. The predicted molar refractivity (Wildman–Crippen MR) is 201 cm³/mol. The molecule has 0 N–H and O–H groups in total. The van der Waals surface area contributed by atoms with Gasteiger partial charge in [0.15, 0.2) is 0 Å². The maximum Gasteiger partial charge on any atom is 0.0462 e. The van der Waals surface area contributed by atoms with E-state index in [-0.39, 0.29) is 0 Å². The molecule has 0 spiro atoms. The highest BCUT2D eigenvalue weighted by atomic mass is 15.1. The molecule has 1 nitrogen and oxygen atoms in total. The molecule has 0 aromatic heterocycles. The monoisotopic (exact) mass is 593 g/mol. The Morgan fingerprint density at radius 1 is 0.304 bits per heavy atom. The van der Waals surface area contributed by atoms with Crippen LogP contribution in [0.15, 0.2) is 146 Å². The molecular formula is C45H39N. The van der Waals surface area contributed by atoms with Gasteiger partial charge in [-0.3, -0.25) is 0 Å². The standard InChI is InChI=1S/C45H39N/c1-34-7-4-10-40(31-34)16-13-37-19-25-43(26-20-37)46(44-27-21-38(22-28-44)14-17-41-11-5-8-35(2)32-41)45-29-23-39(24-30-45)15-18-42-12-6-9-36(3)33-42/h4-33H,1-3H3. The van der Waals surface area contributed by atoms with E-state index < -0.39 is 0 Å². The van der Waals surface area contributed by atoms with Crippen molar-refractivity contribution in [3.8, 4) is 0 Å². The van der Waals surface area contributed by atoms with Gasteiger partial charge in [0.2, 0.25) is 0 Å². The summed E-state index contributed by atoms with van der Waals surface area (Å²) in [6, 6.07) is 52.0. The lowest BCUT2D eigenvalue weighted by molar-refractivity contribution is 1.28. The highest BCUT2D eigenvalue weighted by molar-refractivity contribution is 5.80. The minimum absolute atomic E-state index is 1.11. The lowest BCUT2D eigenvalue weighted by Gasteiger charge is -2.26. The zero-order chi connectivity index (χ0) is 31.7. The second-order valence-electron chi connectivity index (χ2n) is 11.9. The number of aryl methyl sites for hydroxylation is 3. The maximum absolute atomic E-state index is 2.32. The molecule has 224 valence electrons. The summed E-state index contributed by atoms with van der Waals surface area (Å²) < 4.78 is 0. The molecule has 0 saturated carbocycles. The Bertz CT molecular complexity index is 1750. The molecule has 0 atom stereocenters. The molecule has 6 aromatic rings. The Morgan fingerprint density at radius 2 is 0.565 bits per heavy atom. The van der Waals surface area contributed by atoms with Crippen molar-refractivity contribution in [3.05, 3.63) is 196 Å². The van der Waals surface area contributed by atoms with Crippen LogP contribution in [0.2, 0.25) is 0 Å². The minimum Gasteiger partial charge on any atom is -0.311 e. The third-order valence-electron chi connectivity index (χ3n) is 7.98. The second kappa shape index (κ2) is 14.4. The van der Waals surface area contributed by atoms with Crippen molar-refractivity contribution in [2.24, 2.45) is 0 Å². The molecule has 0 amide bonds. The van der Waals surface area contributed by atoms with Crippen LogP contribution in [0.1, 0.15) is 50.1 Å². The zero-order valence-electron chi connectivity index (χ0n) is 26.8.